The van der Waals surface area contributed by atoms with Gasteiger partial charge in [-0.15, -0.1) is 0 Å². The number of hydrogen-bond acceptors (Lipinski definition) is 2. The zero-order valence-electron chi connectivity index (χ0n) is 6.22. The number of ether oxygens (including phenoxy) is 1. The maximum absolute atomic E-state index is 12.2. The smallest absolute Gasteiger partial charge is 0.284 e. The molecule has 0 saturated heterocycles. The van der Waals surface area contributed by atoms with Gasteiger partial charge in [-0.05, 0) is 6.07 Å². The molecule has 12 heavy (non-hydrogen) atoms. The van der Waals surface area contributed by atoms with E-state index >= 15 is 0 Å². The number of hydrogen-bond donors (Lipinski definition) is 0. The van der Waals surface area contributed by atoms with Crippen LogP contribution in [0.3, 0.4) is 0 Å². The van der Waals surface area contributed by atoms with E-state index in [1.54, 1.807) is 0 Å². The SMILES string of the molecule is COc1c(Cl)ccnc1C(F)F. The van der Waals surface area contributed by atoms with Gasteiger partial charge in [-0.3, -0.25) is 4.98 Å². The Morgan fingerprint density at radius 3 is 2.67 bits per heavy atom. The molecule has 0 atom stereocenters. The first-order valence-corrected chi connectivity index (χ1v) is 3.51. The summed E-state index contributed by atoms with van der Waals surface area (Å²) in [4.78, 5) is 3.45. The fraction of sp³-hybridized carbons (Fsp3) is 0.286. The van der Waals surface area contributed by atoms with Crippen molar-refractivity contribution in [1.82, 2.24) is 4.98 Å². The number of rotatable bonds is 2. The second-order valence-electron chi connectivity index (χ2n) is 2.01. The molecule has 0 amide bonds. The van der Waals surface area contributed by atoms with E-state index in [2.05, 4.69) is 9.72 Å². The van der Waals surface area contributed by atoms with Crippen LogP contribution in [0.15, 0.2) is 12.3 Å². The number of nitrogens with zero attached hydrogens (tertiary/aromatic N) is 1. The van der Waals surface area contributed by atoms with Gasteiger partial charge in [-0.1, -0.05) is 11.6 Å². The molecule has 2 nitrogen and oxygen atoms in total. The lowest BCUT2D eigenvalue weighted by atomic mass is 10.3. The van der Waals surface area contributed by atoms with E-state index in [0.29, 0.717) is 0 Å². The average Bonchev–Trinajstić information content (AvgIpc) is 2.03. The molecule has 0 spiro atoms. The second kappa shape index (κ2) is 3.67. The first-order valence-electron chi connectivity index (χ1n) is 3.13. The standard InChI is InChI=1S/C7H6ClF2NO/c1-12-6-4(8)2-3-11-5(6)7(9)10/h2-3,7H,1H3. The molecule has 0 N–H and O–H groups in total. The molecular formula is C7H6ClF2NO. The summed E-state index contributed by atoms with van der Waals surface area (Å²) in [5, 5.41) is 0.141. The van der Waals surface area contributed by atoms with E-state index in [1.807, 2.05) is 0 Å². The molecule has 0 fully saturated rings. The van der Waals surface area contributed by atoms with E-state index in [0.717, 1.165) is 0 Å². The maximum atomic E-state index is 12.2. The summed E-state index contributed by atoms with van der Waals surface area (Å²) in [6.45, 7) is 0. The van der Waals surface area contributed by atoms with Crippen LogP contribution in [-0.2, 0) is 0 Å². The zero-order chi connectivity index (χ0) is 9.14. The summed E-state index contributed by atoms with van der Waals surface area (Å²) in [6.07, 6.45) is -1.45. The van der Waals surface area contributed by atoms with Crippen LogP contribution in [0.5, 0.6) is 5.75 Å². The fourth-order valence-corrected chi connectivity index (χ4v) is 1.03. The lowest BCUT2D eigenvalue weighted by Gasteiger charge is -2.06. The van der Waals surface area contributed by atoms with Gasteiger partial charge in [0.15, 0.2) is 5.75 Å². The first kappa shape index (κ1) is 9.19. The Labute approximate surface area is 73.1 Å². The highest BCUT2D eigenvalue weighted by Crippen LogP contribution is 2.32. The van der Waals surface area contributed by atoms with Crippen molar-refractivity contribution >= 4 is 11.6 Å². The topological polar surface area (TPSA) is 22.1 Å². The van der Waals surface area contributed by atoms with E-state index in [-0.39, 0.29) is 10.8 Å². The molecule has 1 heterocycles. The maximum Gasteiger partial charge on any atom is 0.284 e. The normalized spacial score (nSPS) is 10.4. The van der Waals surface area contributed by atoms with Crippen LogP contribution in [0.2, 0.25) is 5.02 Å². The van der Waals surface area contributed by atoms with Gasteiger partial charge in [-0.2, -0.15) is 0 Å². The Bertz CT molecular complexity index is 280. The highest BCUT2D eigenvalue weighted by atomic mass is 35.5. The second-order valence-corrected chi connectivity index (χ2v) is 2.42. The van der Waals surface area contributed by atoms with E-state index in [1.165, 1.54) is 19.4 Å². The summed E-state index contributed by atoms with van der Waals surface area (Å²) >= 11 is 5.58. The van der Waals surface area contributed by atoms with Crippen LogP contribution in [-0.4, -0.2) is 12.1 Å². The highest BCUT2D eigenvalue weighted by Gasteiger charge is 2.17. The van der Waals surface area contributed by atoms with Crippen molar-refractivity contribution in [2.75, 3.05) is 7.11 Å². The predicted octanol–water partition coefficient (Wildman–Crippen LogP) is 2.68. The minimum atomic E-state index is -2.67. The third-order valence-corrected chi connectivity index (χ3v) is 1.59. The van der Waals surface area contributed by atoms with Crippen LogP contribution >= 0.6 is 11.6 Å². The van der Waals surface area contributed by atoms with Crippen molar-refractivity contribution < 1.29 is 13.5 Å². The summed E-state index contributed by atoms with van der Waals surface area (Å²) in [5.74, 6) is -0.0610. The highest BCUT2D eigenvalue weighted by molar-refractivity contribution is 6.32. The minimum Gasteiger partial charge on any atom is -0.493 e. The molecule has 0 radical (unpaired) electrons. The molecule has 5 heteroatoms. The molecule has 1 aromatic rings. The molecular weight excluding hydrogens is 188 g/mol. The van der Waals surface area contributed by atoms with Crippen molar-refractivity contribution in [2.45, 2.75) is 6.43 Å². The van der Waals surface area contributed by atoms with E-state index < -0.39 is 12.1 Å². The first-order chi connectivity index (χ1) is 5.66. The van der Waals surface area contributed by atoms with Crippen molar-refractivity contribution in [3.05, 3.63) is 23.0 Å². The van der Waals surface area contributed by atoms with Crippen molar-refractivity contribution in [2.24, 2.45) is 0 Å². The van der Waals surface area contributed by atoms with Gasteiger partial charge < -0.3 is 4.74 Å². The van der Waals surface area contributed by atoms with Gasteiger partial charge in [0.25, 0.3) is 6.43 Å². The Morgan fingerprint density at radius 2 is 2.25 bits per heavy atom. The number of pyridine rings is 1. The predicted molar refractivity (Wildman–Crippen MR) is 40.8 cm³/mol. The summed E-state index contributed by atoms with van der Waals surface area (Å²) in [6, 6.07) is 1.40. The Morgan fingerprint density at radius 1 is 1.58 bits per heavy atom. The number of methoxy groups -OCH3 is 1. The van der Waals surface area contributed by atoms with Gasteiger partial charge >= 0.3 is 0 Å². The van der Waals surface area contributed by atoms with E-state index in [9.17, 15) is 8.78 Å². The van der Waals surface area contributed by atoms with Crippen LogP contribution < -0.4 is 4.74 Å². The van der Waals surface area contributed by atoms with Crippen LogP contribution in [0.25, 0.3) is 0 Å². The van der Waals surface area contributed by atoms with Crippen LogP contribution in [0.4, 0.5) is 8.78 Å². The van der Waals surface area contributed by atoms with Crippen LogP contribution in [0, 0.1) is 0 Å². The van der Waals surface area contributed by atoms with Crippen molar-refractivity contribution in [1.29, 1.82) is 0 Å². The number of alkyl halides is 2. The molecule has 0 aromatic carbocycles. The van der Waals surface area contributed by atoms with Gasteiger partial charge in [0.1, 0.15) is 5.69 Å². The van der Waals surface area contributed by atoms with Crippen molar-refractivity contribution in [3.63, 3.8) is 0 Å². The van der Waals surface area contributed by atoms with Gasteiger partial charge in [0.05, 0.1) is 12.1 Å². The molecule has 66 valence electrons. The molecule has 1 rings (SSSR count). The minimum absolute atomic E-state index is 0.0610. The molecule has 0 aliphatic carbocycles. The number of halogens is 3. The molecule has 0 aliphatic heterocycles. The third kappa shape index (κ3) is 1.64. The molecule has 0 bridgehead atoms. The molecule has 0 aliphatic rings. The summed E-state index contributed by atoms with van der Waals surface area (Å²) in [7, 11) is 1.27. The zero-order valence-corrected chi connectivity index (χ0v) is 6.98. The van der Waals surface area contributed by atoms with Gasteiger partial charge in [0.2, 0.25) is 0 Å². The lowest BCUT2D eigenvalue weighted by molar-refractivity contribution is 0.141. The largest absolute Gasteiger partial charge is 0.493 e. The quantitative estimate of drug-likeness (QED) is 0.721. The van der Waals surface area contributed by atoms with Crippen molar-refractivity contribution in [3.8, 4) is 5.75 Å². The van der Waals surface area contributed by atoms with Crippen LogP contribution in [0.1, 0.15) is 12.1 Å². The summed E-state index contributed by atoms with van der Waals surface area (Å²) in [5.41, 5.74) is -0.426. The molecule has 0 saturated carbocycles. The van der Waals surface area contributed by atoms with Gasteiger partial charge in [-0.25, -0.2) is 8.78 Å². The monoisotopic (exact) mass is 193 g/mol. The fourth-order valence-electron chi connectivity index (χ4n) is 0.797. The molecule has 0 unspecified atom stereocenters. The van der Waals surface area contributed by atoms with E-state index in [4.69, 9.17) is 11.6 Å². The Hall–Kier alpha value is -0.900. The number of aromatic nitrogens is 1. The molecule has 1 aromatic heterocycles. The third-order valence-electron chi connectivity index (χ3n) is 1.29. The Kier molecular flexibility index (Phi) is 2.81. The van der Waals surface area contributed by atoms with Gasteiger partial charge in [0, 0.05) is 6.20 Å². The Balaban J connectivity index is 3.18. The lowest BCUT2D eigenvalue weighted by Crippen LogP contribution is -1.96. The summed E-state index contributed by atoms with van der Waals surface area (Å²) < 4.78 is 29.0. The average molecular weight is 194 g/mol.